The van der Waals surface area contributed by atoms with Crippen LogP contribution in [0.5, 0.6) is 0 Å². The summed E-state index contributed by atoms with van der Waals surface area (Å²) in [6.45, 7) is 3.84. The smallest absolute Gasteiger partial charge is 0.243 e. The Morgan fingerprint density at radius 3 is 2.29 bits per heavy atom. The summed E-state index contributed by atoms with van der Waals surface area (Å²) in [7, 11) is 0. The maximum atomic E-state index is 5.47. The van der Waals surface area contributed by atoms with Gasteiger partial charge in [-0.25, -0.2) is 9.13 Å². The van der Waals surface area contributed by atoms with Gasteiger partial charge in [0, 0.05) is 0 Å². The maximum Gasteiger partial charge on any atom is 0.243 e. The van der Waals surface area contributed by atoms with E-state index in [1.807, 2.05) is 0 Å². The Bertz CT molecular complexity index is 256. The quantitative estimate of drug-likeness (QED) is 0.473. The normalized spacial score (nSPS) is 10.9. The number of nitrogens with zero attached hydrogens (tertiary/aromatic N) is 2. The molecule has 0 amide bonds. The van der Waals surface area contributed by atoms with Gasteiger partial charge in [-0.15, -0.1) is 0 Å². The summed E-state index contributed by atoms with van der Waals surface area (Å²) in [4.78, 5) is 0. The standard InChI is InChI=1S/C13H27N4/c14-7-3-1-5-9-16-11-12-17(13-16)10-6-2-4-8-15/h11-13H,1-10,14-15H2/q+1. The molecule has 4 nitrogen and oxygen atoms in total. The van der Waals surface area contributed by atoms with Crippen LogP contribution < -0.4 is 16.0 Å². The lowest BCUT2D eigenvalue weighted by Crippen LogP contribution is -2.30. The van der Waals surface area contributed by atoms with Gasteiger partial charge in [0.2, 0.25) is 6.33 Å². The van der Waals surface area contributed by atoms with Crippen LogP contribution in [0.1, 0.15) is 38.5 Å². The zero-order chi connectivity index (χ0) is 12.3. The molecule has 0 fully saturated rings. The third-order valence-corrected chi connectivity index (χ3v) is 2.99. The highest BCUT2D eigenvalue weighted by molar-refractivity contribution is 4.66. The molecule has 0 unspecified atom stereocenters. The van der Waals surface area contributed by atoms with Crippen molar-refractivity contribution in [2.24, 2.45) is 11.5 Å². The Balaban J connectivity index is 2.14. The van der Waals surface area contributed by atoms with E-state index in [1.165, 1.54) is 25.7 Å². The minimum atomic E-state index is 0.812. The average molecular weight is 239 g/mol. The van der Waals surface area contributed by atoms with Crippen LogP contribution in [0.15, 0.2) is 18.7 Å². The molecule has 0 radical (unpaired) electrons. The molecule has 98 valence electrons. The highest BCUT2D eigenvalue weighted by Gasteiger charge is 2.02. The average Bonchev–Trinajstić information content (AvgIpc) is 2.78. The second-order valence-electron chi connectivity index (χ2n) is 4.59. The summed E-state index contributed by atoms with van der Waals surface area (Å²) in [5, 5.41) is 0. The molecule has 1 rings (SSSR count). The summed E-state index contributed by atoms with van der Waals surface area (Å²) < 4.78 is 4.53. The minimum absolute atomic E-state index is 0.812. The van der Waals surface area contributed by atoms with Crippen molar-refractivity contribution >= 4 is 0 Å². The van der Waals surface area contributed by atoms with Crippen LogP contribution in [0, 0.1) is 0 Å². The molecule has 0 saturated heterocycles. The van der Waals surface area contributed by atoms with Crippen molar-refractivity contribution in [1.29, 1.82) is 0 Å². The van der Waals surface area contributed by atoms with Crippen LogP contribution >= 0.6 is 0 Å². The van der Waals surface area contributed by atoms with Crippen LogP contribution in [0.25, 0.3) is 0 Å². The fourth-order valence-corrected chi connectivity index (χ4v) is 1.93. The van der Waals surface area contributed by atoms with Crippen LogP contribution in [-0.4, -0.2) is 17.7 Å². The minimum Gasteiger partial charge on any atom is -0.330 e. The molecule has 4 heteroatoms. The van der Waals surface area contributed by atoms with Gasteiger partial charge < -0.3 is 11.5 Å². The second kappa shape index (κ2) is 9.19. The van der Waals surface area contributed by atoms with Crippen molar-refractivity contribution in [2.75, 3.05) is 13.1 Å². The number of hydrogen-bond acceptors (Lipinski definition) is 2. The van der Waals surface area contributed by atoms with Gasteiger partial charge >= 0.3 is 0 Å². The maximum absolute atomic E-state index is 5.47. The number of hydrogen-bond donors (Lipinski definition) is 2. The zero-order valence-electron chi connectivity index (χ0n) is 10.9. The molecule has 1 aromatic rings. The number of aryl methyl sites for hydroxylation is 2. The highest BCUT2D eigenvalue weighted by atomic mass is 15.1. The van der Waals surface area contributed by atoms with E-state index < -0.39 is 0 Å². The fraction of sp³-hybridized carbons (Fsp3) is 0.769. The molecule has 0 saturated carbocycles. The molecule has 0 bridgehead atoms. The fourth-order valence-electron chi connectivity index (χ4n) is 1.93. The number of aromatic nitrogens is 2. The summed E-state index contributed by atoms with van der Waals surface area (Å²) in [5.41, 5.74) is 10.9. The molecule has 0 aliphatic rings. The first-order valence-corrected chi connectivity index (χ1v) is 6.82. The first-order valence-electron chi connectivity index (χ1n) is 6.82. The molecule has 0 atom stereocenters. The molecule has 0 aromatic carbocycles. The van der Waals surface area contributed by atoms with Gasteiger partial charge in [0.25, 0.3) is 0 Å². The highest BCUT2D eigenvalue weighted by Crippen LogP contribution is 1.98. The third-order valence-electron chi connectivity index (χ3n) is 2.99. The zero-order valence-corrected chi connectivity index (χ0v) is 10.9. The van der Waals surface area contributed by atoms with E-state index in [2.05, 4.69) is 27.9 Å². The first kappa shape index (κ1) is 14.2. The molecule has 1 heterocycles. The Hall–Kier alpha value is -0.870. The summed E-state index contributed by atoms with van der Waals surface area (Å²) >= 11 is 0. The Morgan fingerprint density at radius 2 is 1.59 bits per heavy atom. The number of nitrogens with two attached hydrogens (primary N) is 2. The topological polar surface area (TPSA) is 60.8 Å². The Kier molecular flexibility index (Phi) is 7.67. The van der Waals surface area contributed by atoms with E-state index in [9.17, 15) is 0 Å². The van der Waals surface area contributed by atoms with Crippen LogP contribution in [0.4, 0.5) is 0 Å². The van der Waals surface area contributed by atoms with Crippen molar-refractivity contribution in [3.05, 3.63) is 18.7 Å². The lowest BCUT2D eigenvalue weighted by molar-refractivity contribution is -0.696. The molecule has 1 aromatic heterocycles. The second-order valence-corrected chi connectivity index (χ2v) is 4.59. The predicted octanol–water partition coefficient (Wildman–Crippen LogP) is 1.03. The number of rotatable bonds is 10. The van der Waals surface area contributed by atoms with Crippen molar-refractivity contribution < 1.29 is 4.57 Å². The van der Waals surface area contributed by atoms with Gasteiger partial charge in [-0.2, -0.15) is 0 Å². The summed E-state index contributed by atoms with van der Waals surface area (Å²) in [5.74, 6) is 0. The van der Waals surface area contributed by atoms with E-state index in [4.69, 9.17) is 11.5 Å². The third kappa shape index (κ3) is 6.44. The van der Waals surface area contributed by atoms with E-state index in [0.717, 1.165) is 39.0 Å². The summed E-state index contributed by atoms with van der Waals surface area (Å²) in [6, 6.07) is 0. The summed E-state index contributed by atoms with van der Waals surface area (Å²) in [6.07, 6.45) is 13.7. The van der Waals surface area contributed by atoms with Crippen molar-refractivity contribution in [2.45, 2.75) is 51.6 Å². The Labute approximate surface area is 105 Å². The van der Waals surface area contributed by atoms with E-state index >= 15 is 0 Å². The number of unbranched alkanes of at least 4 members (excludes halogenated alkanes) is 4. The molecule has 0 aliphatic carbocycles. The molecule has 0 aliphatic heterocycles. The van der Waals surface area contributed by atoms with Crippen molar-refractivity contribution in [1.82, 2.24) is 4.57 Å². The van der Waals surface area contributed by atoms with E-state index in [1.54, 1.807) is 0 Å². The first-order chi connectivity index (χ1) is 8.36. The monoisotopic (exact) mass is 239 g/mol. The van der Waals surface area contributed by atoms with Gasteiger partial charge in [-0.1, -0.05) is 0 Å². The molecule has 4 N–H and O–H groups in total. The largest absolute Gasteiger partial charge is 0.330 e. The van der Waals surface area contributed by atoms with Crippen molar-refractivity contribution in [3.63, 3.8) is 0 Å². The van der Waals surface area contributed by atoms with E-state index in [0.29, 0.717) is 0 Å². The van der Waals surface area contributed by atoms with Crippen LogP contribution in [0.3, 0.4) is 0 Å². The SMILES string of the molecule is NCCCCCn1cc[n+](CCCCCN)c1. The lowest BCUT2D eigenvalue weighted by atomic mass is 10.2. The lowest BCUT2D eigenvalue weighted by Gasteiger charge is -1.97. The van der Waals surface area contributed by atoms with Crippen LogP contribution in [-0.2, 0) is 13.1 Å². The Morgan fingerprint density at radius 1 is 0.882 bits per heavy atom. The van der Waals surface area contributed by atoms with Gasteiger partial charge in [-0.05, 0) is 51.6 Å². The number of imidazole rings is 1. The van der Waals surface area contributed by atoms with Gasteiger partial charge in [-0.3, -0.25) is 0 Å². The van der Waals surface area contributed by atoms with Crippen LogP contribution in [0.2, 0.25) is 0 Å². The van der Waals surface area contributed by atoms with Crippen molar-refractivity contribution in [3.8, 4) is 0 Å². The van der Waals surface area contributed by atoms with Gasteiger partial charge in [0.05, 0.1) is 13.1 Å². The predicted molar refractivity (Wildman–Crippen MR) is 70.4 cm³/mol. The molecular formula is C13H27N4+. The van der Waals surface area contributed by atoms with E-state index in [-0.39, 0.29) is 0 Å². The van der Waals surface area contributed by atoms with Gasteiger partial charge in [0.15, 0.2) is 0 Å². The van der Waals surface area contributed by atoms with Gasteiger partial charge in [0.1, 0.15) is 12.4 Å². The molecular weight excluding hydrogens is 212 g/mol. The molecule has 0 spiro atoms. The molecule has 17 heavy (non-hydrogen) atoms.